The number of fused-ring (bicyclic) bond motifs is 3. The zero-order chi connectivity index (χ0) is 26.0. The number of aromatic hydroxyl groups is 1. The monoisotopic (exact) mass is 485 g/mol. The van der Waals surface area contributed by atoms with E-state index in [9.17, 15) is 34.2 Å². The van der Waals surface area contributed by atoms with Crippen LogP contribution in [0.3, 0.4) is 0 Å². The van der Waals surface area contributed by atoms with Crippen LogP contribution >= 0.6 is 0 Å². The Balaban J connectivity index is 1.83. The summed E-state index contributed by atoms with van der Waals surface area (Å²) in [7, 11) is 3.12. The molecule has 3 aliphatic rings. The maximum atomic E-state index is 13.7. The van der Waals surface area contributed by atoms with E-state index in [1.54, 1.807) is 20.2 Å². The van der Waals surface area contributed by atoms with Gasteiger partial charge in [-0.1, -0.05) is 19.9 Å². The van der Waals surface area contributed by atoms with Gasteiger partial charge in [-0.05, 0) is 50.0 Å². The van der Waals surface area contributed by atoms with Crippen LogP contribution in [0.2, 0.25) is 0 Å². The van der Waals surface area contributed by atoms with Crippen molar-refractivity contribution in [1.29, 1.82) is 0 Å². The number of nitrogens with zero attached hydrogens (tertiary/aromatic N) is 1. The number of amides is 1. The lowest BCUT2D eigenvalue weighted by molar-refractivity contribution is -0.181. The normalized spacial score (nSPS) is 32.5. The lowest BCUT2D eigenvalue weighted by Gasteiger charge is -2.52. The van der Waals surface area contributed by atoms with Crippen molar-refractivity contribution in [2.24, 2.45) is 29.4 Å². The van der Waals surface area contributed by atoms with Gasteiger partial charge in [-0.2, -0.15) is 0 Å². The molecule has 188 valence electrons. The Bertz CT molecular complexity index is 1140. The van der Waals surface area contributed by atoms with Gasteiger partial charge < -0.3 is 21.3 Å². The van der Waals surface area contributed by atoms with E-state index < -0.39 is 64.4 Å². The number of nitrogens with two attached hydrogens (primary N) is 1. The first-order valence-corrected chi connectivity index (χ1v) is 11.7. The summed E-state index contributed by atoms with van der Waals surface area (Å²) in [5.74, 6) is -10.3. The topological polar surface area (TPSA) is 167 Å². The Labute approximate surface area is 202 Å². The molecule has 10 nitrogen and oxygen atoms in total. The van der Waals surface area contributed by atoms with E-state index in [0.717, 1.165) is 5.56 Å². The maximum Gasteiger partial charge on any atom is 0.235 e. The molecule has 0 aromatic heterocycles. The molecule has 3 aliphatic carbocycles. The summed E-state index contributed by atoms with van der Waals surface area (Å²) in [5.41, 5.74) is 4.05. The SMILES string of the molecule is CC(C)NCc1ccc(O)c2c1C[C@H]1C[C@H]3[C@H](N(C)C)C(=O)C(C(N)=O)C(=O)[C@@]3(O)C(=O)C1C2=O. The van der Waals surface area contributed by atoms with Crippen LogP contribution in [0.15, 0.2) is 12.1 Å². The summed E-state index contributed by atoms with van der Waals surface area (Å²) >= 11 is 0. The van der Waals surface area contributed by atoms with E-state index in [4.69, 9.17) is 5.73 Å². The molecule has 1 aromatic carbocycles. The van der Waals surface area contributed by atoms with Crippen LogP contribution in [0.1, 0.15) is 41.8 Å². The van der Waals surface area contributed by atoms with Gasteiger partial charge in [-0.3, -0.25) is 28.9 Å². The number of carbonyl (C=O) groups is 5. The zero-order valence-corrected chi connectivity index (χ0v) is 20.2. The molecular weight excluding hydrogens is 454 g/mol. The van der Waals surface area contributed by atoms with Crippen molar-refractivity contribution in [2.45, 2.75) is 50.9 Å². The number of Topliss-reactive ketones (excluding diaryl/α,β-unsaturated/α-hetero) is 4. The highest BCUT2D eigenvalue weighted by atomic mass is 16.3. The molecule has 0 heterocycles. The Morgan fingerprint density at radius 2 is 1.86 bits per heavy atom. The van der Waals surface area contributed by atoms with Gasteiger partial charge in [0.25, 0.3) is 0 Å². The fourth-order valence-electron chi connectivity index (χ4n) is 6.15. The molecule has 2 saturated carbocycles. The second-order valence-electron chi connectivity index (χ2n) is 10.4. The van der Waals surface area contributed by atoms with Crippen molar-refractivity contribution in [1.82, 2.24) is 10.2 Å². The van der Waals surface area contributed by atoms with E-state index in [1.807, 2.05) is 13.8 Å². The van der Waals surface area contributed by atoms with Crippen molar-refractivity contribution < 1.29 is 34.2 Å². The van der Waals surface area contributed by atoms with Gasteiger partial charge in [0.15, 0.2) is 34.7 Å². The molecule has 5 N–H and O–H groups in total. The highest BCUT2D eigenvalue weighted by molar-refractivity contribution is 6.32. The third-order valence-electron chi connectivity index (χ3n) is 7.74. The molecule has 4 rings (SSSR count). The number of hydrogen-bond donors (Lipinski definition) is 4. The number of primary amides is 1. The van der Waals surface area contributed by atoms with Crippen molar-refractivity contribution in [3.05, 3.63) is 28.8 Å². The molecule has 0 radical (unpaired) electrons. The van der Waals surface area contributed by atoms with Gasteiger partial charge in [0.05, 0.1) is 17.5 Å². The quantitative estimate of drug-likeness (QED) is 0.397. The second-order valence-corrected chi connectivity index (χ2v) is 10.4. The van der Waals surface area contributed by atoms with Crippen LogP contribution in [-0.4, -0.2) is 75.9 Å². The number of phenolic OH excluding ortho intramolecular Hbond substituents is 1. The molecule has 0 aliphatic heterocycles. The van der Waals surface area contributed by atoms with E-state index in [1.165, 1.54) is 11.0 Å². The minimum Gasteiger partial charge on any atom is -0.507 e. The largest absolute Gasteiger partial charge is 0.507 e. The number of hydrogen-bond acceptors (Lipinski definition) is 9. The fourth-order valence-corrected chi connectivity index (χ4v) is 6.15. The predicted octanol–water partition coefficient (Wildman–Crippen LogP) is -0.635. The molecule has 2 unspecified atom stereocenters. The molecule has 10 heteroatoms. The number of nitrogens with one attached hydrogen (secondary N) is 1. The smallest absolute Gasteiger partial charge is 0.235 e. The van der Waals surface area contributed by atoms with Gasteiger partial charge in [0.2, 0.25) is 5.91 Å². The van der Waals surface area contributed by atoms with E-state index >= 15 is 0 Å². The van der Waals surface area contributed by atoms with Crippen molar-refractivity contribution in [3.63, 3.8) is 0 Å². The van der Waals surface area contributed by atoms with E-state index in [-0.39, 0.29) is 30.2 Å². The molecular formula is C25H31N3O7. The number of carbonyl (C=O) groups excluding carboxylic acids is 5. The fraction of sp³-hybridized carbons (Fsp3) is 0.560. The van der Waals surface area contributed by atoms with Crippen LogP contribution < -0.4 is 11.1 Å². The lowest BCUT2D eigenvalue weighted by Crippen LogP contribution is -2.74. The molecule has 1 amide bonds. The molecule has 6 atom stereocenters. The Kier molecular flexibility index (Phi) is 6.19. The van der Waals surface area contributed by atoms with Gasteiger partial charge >= 0.3 is 0 Å². The summed E-state index contributed by atoms with van der Waals surface area (Å²) < 4.78 is 0. The number of aliphatic hydroxyl groups is 1. The third-order valence-corrected chi connectivity index (χ3v) is 7.74. The average Bonchev–Trinajstić information content (AvgIpc) is 2.75. The minimum absolute atomic E-state index is 0.0136. The molecule has 35 heavy (non-hydrogen) atoms. The van der Waals surface area contributed by atoms with Gasteiger partial charge in [0.1, 0.15) is 5.75 Å². The van der Waals surface area contributed by atoms with Gasteiger partial charge in [-0.25, -0.2) is 0 Å². The first kappa shape index (κ1) is 25.2. The molecule has 0 saturated heterocycles. The van der Waals surface area contributed by atoms with Crippen molar-refractivity contribution in [2.75, 3.05) is 14.1 Å². The summed E-state index contributed by atoms with van der Waals surface area (Å²) in [6.07, 6.45) is 0.298. The summed E-state index contributed by atoms with van der Waals surface area (Å²) in [4.78, 5) is 67.1. The number of likely N-dealkylation sites (N-methyl/N-ethyl adjacent to an activating group) is 1. The van der Waals surface area contributed by atoms with Crippen LogP contribution in [0.5, 0.6) is 5.75 Å². The number of phenols is 1. The molecule has 0 spiro atoms. The van der Waals surface area contributed by atoms with Crippen LogP contribution in [0.25, 0.3) is 0 Å². The lowest BCUT2D eigenvalue weighted by atomic mass is 9.52. The van der Waals surface area contributed by atoms with Crippen LogP contribution in [-0.2, 0) is 32.1 Å². The summed E-state index contributed by atoms with van der Waals surface area (Å²) in [5, 5.41) is 25.4. The Hall–Kier alpha value is -2.95. The highest BCUT2D eigenvalue weighted by Crippen LogP contribution is 2.50. The summed E-state index contributed by atoms with van der Waals surface area (Å²) in [6, 6.07) is 2.19. The first-order valence-electron chi connectivity index (χ1n) is 11.7. The molecule has 0 bridgehead atoms. The molecule has 2 fully saturated rings. The zero-order valence-electron chi connectivity index (χ0n) is 20.2. The standard InChI is InChI=1S/C25H31N3O7/c1-10(2)27-9-11-5-6-15(29)17-13(11)7-12-8-14-19(28(3)4)21(31)18(24(26)34)23(33)25(14,35)22(32)16(12)20(17)30/h5-6,10,12,14,16,18-19,27,29,35H,7-9H2,1-4H3,(H2,26,34)/t12-,14-,16?,18?,19-,25-/m0/s1. The summed E-state index contributed by atoms with van der Waals surface area (Å²) in [6.45, 7) is 4.41. The second kappa shape index (κ2) is 8.61. The van der Waals surface area contributed by atoms with E-state index in [2.05, 4.69) is 5.32 Å². The first-order chi connectivity index (χ1) is 16.3. The Morgan fingerprint density at radius 3 is 2.43 bits per heavy atom. The Morgan fingerprint density at radius 1 is 1.20 bits per heavy atom. The third kappa shape index (κ3) is 3.62. The highest BCUT2D eigenvalue weighted by Gasteiger charge is 2.69. The predicted molar refractivity (Wildman–Crippen MR) is 123 cm³/mol. The van der Waals surface area contributed by atoms with Crippen molar-refractivity contribution >= 4 is 29.0 Å². The number of ketones is 4. The maximum absolute atomic E-state index is 13.7. The number of benzene rings is 1. The van der Waals surface area contributed by atoms with Crippen molar-refractivity contribution in [3.8, 4) is 5.75 Å². The van der Waals surface area contributed by atoms with Crippen LogP contribution in [0.4, 0.5) is 0 Å². The number of rotatable bonds is 5. The minimum atomic E-state index is -2.71. The van der Waals surface area contributed by atoms with Crippen LogP contribution in [0, 0.1) is 23.7 Å². The van der Waals surface area contributed by atoms with Gasteiger partial charge in [-0.15, -0.1) is 0 Å². The molecule has 1 aromatic rings. The van der Waals surface area contributed by atoms with E-state index in [0.29, 0.717) is 12.1 Å². The average molecular weight is 486 g/mol. The van der Waals surface area contributed by atoms with Gasteiger partial charge in [0, 0.05) is 18.5 Å².